The lowest BCUT2D eigenvalue weighted by Crippen LogP contribution is -2.36. The lowest BCUT2D eigenvalue weighted by atomic mass is 9.91. The van der Waals surface area contributed by atoms with E-state index in [4.69, 9.17) is 0 Å². The highest BCUT2D eigenvalue weighted by Gasteiger charge is 2.29. The van der Waals surface area contributed by atoms with Gasteiger partial charge in [-0.3, -0.25) is 0 Å². The van der Waals surface area contributed by atoms with Crippen molar-refractivity contribution in [2.45, 2.75) is 32.7 Å². The molecular weight excluding hydrogens is 98.1 g/mol. The normalized spacial score (nSPS) is 35.6. The maximum absolute atomic E-state index is 3.45. The van der Waals surface area contributed by atoms with Crippen LogP contribution in [0.2, 0.25) is 0 Å². The molecular formula is C7H15N. The SMILES string of the molecule is C[C@@H]1CCNC1(C)C. The highest BCUT2D eigenvalue weighted by atomic mass is 15.0. The van der Waals surface area contributed by atoms with Crippen LogP contribution in [-0.2, 0) is 0 Å². The van der Waals surface area contributed by atoms with Gasteiger partial charge in [0.05, 0.1) is 0 Å². The second-order valence-electron chi connectivity index (χ2n) is 3.34. The summed E-state index contributed by atoms with van der Waals surface area (Å²) < 4.78 is 0. The van der Waals surface area contributed by atoms with Gasteiger partial charge in [-0.1, -0.05) is 6.92 Å². The highest BCUT2D eigenvalue weighted by Crippen LogP contribution is 2.24. The van der Waals surface area contributed by atoms with Gasteiger partial charge >= 0.3 is 0 Å². The molecule has 1 aliphatic heterocycles. The van der Waals surface area contributed by atoms with Crippen LogP contribution in [0.25, 0.3) is 0 Å². The first-order chi connectivity index (χ1) is 3.63. The third-order valence-corrected chi connectivity index (χ3v) is 2.39. The van der Waals surface area contributed by atoms with Gasteiger partial charge < -0.3 is 5.32 Å². The molecule has 0 aromatic heterocycles. The number of hydrogen-bond acceptors (Lipinski definition) is 1. The van der Waals surface area contributed by atoms with E-state index >= 15 is 0 Å². The summed E-state index contributed by atoms with van der Waals surface area (Å²) in [7, 11) is 0. The van der Waals surface area contributed by atoms with Crippen LogP contribution in [0.5, 0.6) is 0 Å². The summed E-state index contributed by atoms with van der Waals surface area (Å²) in [6.07, 6.45) is 1.34. The molecule has 0 radical (unpaired) electrons. The first-order valence-electron chi connectivity index (χ1n) is 3.38. The molecule has 0 unspecified atom stereocenters. The van der Waals surface area contributed by atoms with E-state index in [1.807, 2.05) is 0 Å². The third kappa shape index (κ3) is 0.873. The molecule has 0 aliphatic carbocycles. The Morgan fingerprint density at radius 1 is 1.50 bits per heavy atom. The van der Waals surface area contributed by atoms with E-state index in [2.05, 4.69) is 26.1 Å². The van der Waals surface area contributed by atoms with Crippen molar-refractivity contribution in [1.82, 2.24) is 5.32 Å². The zero-order valence-electron chi connectivity index (χ0n) is 5.99. The molecule has 0 spiro atoms. The summed E-state index contributed by atoms with van der Waals surface area (Å²) >= 11 is 0. The monoisotopic (exact) mass is 113 g/mol. The molecule has 0 amide bonds. The van der Waals surface area contributed by atoms with Gasteiger partial charge in [-0.05, 0) is 32.7 Å². The van der Waals surface area contributed by atoms with E-state index < -0.39 is 0 Å². The van der Waals surface area contributed by atoms with Crippen molar-refractivity contribution in [3.8, 4) is 0 Å². The molecule has 48 valence electrons. The second kappa shape index (κ2) is 1.73. The zero-order chi connectivity index (χ0) is 6.20. The van der Waals surface area contributed by atoms with E-state index in [9.17, 15) is 0 Å². The molecule has 1 aliphatic rings. The van der Waals surface area contributed by atoms with Gasteiger partial charge in [0, 0.05) is 5.54 Å². The summed E-state index contributed by atoms with van der Waals surface area (Å²) in [4.78, 5) is 0. The summed E-state index contributed by atoms with van der Waals surface area (Å²) in [6, 6.07) is 0. The molecule has 1 heterocycles. The van der Waals surface area contributed by atoms with Gasteiger partial charge in [-0.15, -0.1) is 0 Å². The Bertz CT molecular complexity index is 86.4. The summed E-state index contributed by atoms with van der Waals surface area (Å²) in [5.41, 5.74) is 0.403. The average Bonchev–Trinajstić information content (AvgIpc) is 1.86. The minimum absolute atomic E-state index is 0.403. The standard InChI is InChI=1S/C7H15N/c1-6-4-5-8-7(6,2)3/h6,8H,4-5H2,1-3H3/t6-/m1/s1. The first kappa shape index (κ1) is 6.09. The highest BCUT2D eigenvalue weighted by molar-refractivity contribution is 4.89. The fraction of sp³-hybridized carbons (Fsp3) is 1.00. The zero-order valence-corrected chi connectivity index (χ0v) is 5.99. The van der Waals surface area contributed by atoms with Crippen LogP contribution in [0.3, 0.4) is 0 Å². The molecule has 1 heteroatoms. The Morgan fingerprint density at radius 3 is 2.25 bits per heavy atom. The van der Waals surface area contributed by atoms with Crippen LogP contribution in [0, 0.1) is 5.92 Å². The molecule has 1 fully saturated rings. The van der Waals surface area contributed by atoms with E-state index in [0.29, 0.717) is 5.54 Å². The Morgan fingerprint density at radius 2 is 2.12 bits per heavy atom. The van der Waals surface area contributed by atoms with Crippen LogP contribution in [-0.4, -0.2) is 12.1 Å². The molecule has 0 bridgehead atoms. The largest absolute Gasteiger partial charge is 0.312 e. The van der Waals surface area contributed by atoms with Crippen LogP contribution in [0.4, 0.5) is 0 Å². The van der Waals surface area contributed by atoms with E-state index in [-0.39, 0.29) is 0 Å². The second-order valence-corrected chi connectivity index (χ2v) is 3.34. The van der Waals surface area contributed by atoms with Gasteiger partial charge in [0.2, 0.25) is 0 Å². The quantitative estimate of drug-likeness (QED) is 0.500. The number of rotatable bonds is 0. The predicted octanol–water partition coefficient (Wildman–Crippen LogP) is 1.39. The fourth-order valence-corrected chi connectivity index (χ4v) is 1.15. The lowest BCUT2D eigenvalue weighted by molar-refractivity contribution is 0.358. The van der Waals surface area contributed by atoms with Crippen molar-refractivity contribution in [1.29, 1.82) is 0 Å². The minimum atomic E-state index is 0.403. The molecule has 0 aromatic carbocycles. The van der Waals surface area contributed by atoms with E-state index in [1.165, 1.54) is 13.0 Å². The Hall–Kier alpha value is -0.0400. The summed E-state index contributed by atoms with van der Waals surface area (Å²) in [5.74, 6) is 0.850. The van der Waals surface area contributed by atoms with Crippen molar-refractivity contribution in [2.24, 2.45) is 5.92 Å². The molecule has 1 nitrogen and oxygen atoms in total. The molecule has 1 N–H and O–H groups in total. The molecule has 8 heavy (non-hydrogen) atoms. The van der Waals surface area contributed by atoms with Crippen molar-refractivity contribution >= 4 is 0 Å². The van der Waals surface area contributed by atoms with Gasteiger partial charge in [-0.2, -0.15) is 0 Å². The van der Waals surface area contributed by atoms with Crippen molar-refractivity contribution < 1.29 is 0 Å². The first-order valence-corrected chi connectivity index (χ1v) is 3.38. The summed E-state index contributed by atoms with van der Waals surface area (Å²) in [5, 5.41) is 3.45. The molecule has 1 rings (SSSR count). The minimum Gasteiger partial charge on any atom is -0.312 e. The van der Waals surface area contributed by atoms with E-state index in [1.54, 1.807) is 0 Å². The van der Waals surface area contributed by atoms with Crippen LogP contribution >= 0.6 is 0 Å². The van der Waals surface area contributed by atoms with Gasteiger partial charge in [0.15, 0.2) is 0 Å². The van der Waals surface area contributed by atoms with Gasteiger partial charge in [0.1, 0.15) is 0 Å². The Kier molecular flexibility index (Phi) is 1.31. The van der Waals surface area contributed by atoms with Gasteiger partial charge in [-0.25, -0.2) is 0 Å². The molecule has 0 saturated carbocycles. The van der Waals surface area contributed by atoms with Crippen molar-refractivity contribution in [3.63, 3.8) is 0 Å². The van der Waals surface area contributed by atoms with Crippen LogP contribution < -0.4 is 5.32 Å². The maximum atomic E-state index is 3.45. The van der Waals surface area contributed by atoms with Crippen LogP contribution in [0.1, 0.15) is 27.2 Å². The van der Waals surface area contributed by atoms with E-state index in [0.717, 1.165) is 5.92 Å². The summed E-state index contributed by atoms with van der Waals surface area (Å²) in [6.45, 7) is 8.05. The fourth-order valence-electron chi connectivity index (χ4n) is 1.15. The van der Waals surface area contributed by atoms with Crippen molar-refractivity contribution in [2.75, 3.05) is 6.54 Å². The Balaban J connectivity index is 2.54. The average molecular weight is 113 g/mol. The maximum Gasteiger partial charge on any atom is 0.0151 e. The van der Waals surface area contributed by atoms with Crippen molar-refractivity contribution in [3.05, 3.63) is 0 Å². The predicted molar refractivity (Wildman–Crippen MR) is 35.9 cm³/mol. The smallest absolute Gasteiger partial charge is 0.0151 e. The number of hydrogen-bond donors (Lipinski definition) is 1. The lowest BCUT2D eigenvalue weighted by Gasteiger charge is -2.23. The van der Waals surface area contributed by atoms with Gasteiger partial charge in [0.25, 0.3) is 0 Å². The molecule has 1 saturated heterocycles. The number of nitrogens with one attached hydrogen (secondary N) is 1. The third-order valence-electron chi connectivity index (χ3n) is 2.39. The topological polar surface area (TPSA) is 12.0 Å². The van der Waals surface area contributed by atoms with Crippen LogP contribution in [0.15, 0.2) is 0 Å². The molecule has 1 atom stereocenters. The molecule has 0 aromatic rings. The Labute approximate surface area is 51.5 Å².